The van der Waals surface area contributed by atoms with Crippen molar-refractivity contribution in [2.75, 3.05) is 6.54 Å². The molecule has 1 aromatic rings. The molecule has 2 rings (SSSR count). The number of carboxylic acids is 1. The van der Waals surface area contributed by atoms with Crippen LogP contribution in [0.3, 0.4) is 0 Å². The highest BCUT2D eigenvalue weighted by Gasteiger charge is 2.44. The number of hydrogen-bond donors (Lipinski definition) is 2. The average Bonchev–Trinajstić information content (AvgIpc) is 2.30. The quantitative estimate of drug-likeness (QED) is 0.874. The van der Waals surface area contributed by atoms with Crippen LogP contribution < -0.4 is 5.32 Å². The zero-order valence-corrected chi connectivity index (χ0v) is 11.3. The van der Waals surface area contributed by atoms with Gasteiger partial charge in [0.15, 0.2) is 0 Å². The van der Waals surface area contributed by atoms with Crippen LogP contribution in [0.25, 0.3) is 0 Å². The van der Waals surface area contributed by atoms with Gasteiger partial charge in [0.25, 0.3) is 5.91 Å². The molecule has 0 atom stereocenters. The smallest absolute Gasteiger partial charge is 0.311 e. The predicted molar refractivity (Wildman–Crippen MR) is 72.2 cm³/mol. The zero-order chi connectivity index (χ0) is 14.0. The minimum absolute atomic E-state index is 0.186. The first-order chi connectivity index (χ1) is 8.96. The van der Waals surface area contributed by atoms with Crippen LogP contribution in [0.2, 0.25) is 0 Å². The topological polar surface area (TPSA) is 66.4 Å². The molecule has 0 aliphatic heterocycles. The molecule has 4 nitrogen and oxygen atoms in total. The highest BCUT2D eigenvalue weighted by atomic mass is 16.4. The van der Waals surface area contributed by atoms with Gasteiger partial charge in [0.05, 0.1) is 5.41 Å². The number of hydrogen-bond acceptors (Lipinski definition) is 2. The van der Waals surface area contributed by atoms with Gasteiger partial charge in [0.2, 0.25) is 0 Å². The number of carbonyl (C=O) groups is 2. The third-order valence-corrected chi connectivity index (χ3v) is 4.20. The molecule has 19 heavy (non-hydrogen) atoms. The van der Waals surface area contributed by atoms with Crippen molar-refractivity contribution in [2.24, 2.45) is 5.41 Å². The Morgan fingerprint density at radius 3 is 2.53 bits per heavy atom. The van der Waals surface area contributed by atoms with Crippen molar-refractivity contribution in [3.05, 3.63) is 34.9 Å². The summed E-state index contributed by atoms with van der Waals surface area (Å²) in [7, 11) is 0. The van der Waals surface area contributed by atoms with E-state index < -0.39 is 11.4 Å². The Morgan fingerprint density at radius 1 is 1.32 bits per heavy atom. The van der Waals surface area contributed by atoms with E-state index in [-0.39, 0.29) is 12.5 Å². The molecule has 0 aromatic heterocycles. The molecule has 102 valence electrons. The van der Waals surface area contributed by atoms with Crippen LogP contribution in [0.1, 0.15) is 40.7 Å². The maximum Gasteiger partial charge on any atom is 0.311 e. The van der Waals surface area contributed by atoms with Crippen LogP contribution in [-0.4, -0.2) is 23.5 Å². The van der Waals surface area contributed by atoms with Crippen LogP contribution in [0.15, 0.2) is 18.2 Å². The van der Waals surface area contributed by atoms with Crippen molar-refractivity contribution >= 4 is 11.9 Å². The van der Waals surface area contributed by atoms with Crippen LogP contribution in [0.4, 0.5) is 0 Å². The molecule has 0 bridgehead atoms. The minimum atomic E-state index is -0.806. The van der Waals surface area contributed by atoms with E-state index in [2.05, 4.69) is 5.32 Å². The summed E-state index contributed by atoms with van der Waals surface area (Å²) in [5, 5.41) is 12.0. The van der Waals surface area contributed by atoms with Gasteiger partial charge in [0, 0.05) is 12.1 Å². The molecule has 1 aliphatic carbocycles. The van der Waals surface area contributed by atoms with Gasteiger partial charge >= 0.3 is 5.97 Å². The van der Waals surface area contributed by atoms with Crippen LogP contribution in [0.5, 0.6) is 0 Å². The van der Waals surface area contributed by atoms with Gasteiger partial charge < -0.3 is 10.4 Å². The molecule has 1 amide bonds. The van der Waals surface area contributed by atoms with Crippen LogP contribution in [-0.2, 0) is 4.79 Å². The second-order valence-electron chi connectivity index (χ2n) is 5.37. The Kier molecular flexibility index (Phi) is 3.60. The molecule has 1 aromatic carbocycles. The third-order valence-electron chi connectivity index (χ3n) is 4.20. The van der Waals surface area contributed by atoms with E-state index >= 15 is 0 Å². The van der Waals surface area contributed by atoms with Gasteiger partial charge in [-0.05, 0) is 43.9 Å². The van der Waals surface area contributed by atoms with Gasteiger partial charge in [-0.3, -0.25) is 9.59 Å². The zero-order valence-electron chi connectivity index (χ0n) is 11.3. The predicted octanol–water partition coefficient (Wildman–Crippen LogP) is 2.29. The first-order valence-corrected chi connectivity index (χ1v) is 6.54. The van der Waals surface area contributed by atoms with Crippen molar-refractivity contribution in [3.8, 4) is 0 Å². The fourth-order valence-electron chi connectivity index (χ4n) is 2.41. The number of rotatable bonds is 4. The van der Waals surface area contributed by atoms with E-state index in [1.165, 1.54) is 0 Å². The summed E-state index contributed by atoms with van der Waals surface area (Å²) in [6.07, 6.45) is 2.22. The Labute approximate surface area is 112 Å². The molecular formula is C15H19NO3. The largest absolute Gasteiger partial charge is 0.481 e. The summed E-state index contributed by atoms with van der Waals surface area (Å²) >= 11 is 0. The van der Waals surface area contributed by atoms with Crippen LogP contribution in [0, 0.1) is 19.3 Å². The molecule has 0 heterocycles. The van der Waals surface area contributed by atoms with Gasteiger partial charge in [-0.15, -0.1) is 0 Å². The Morgan fingerprint density at radius 2 is 2.00 bits per heavy atom. The summed E-state index contributed by atoms with van der Waals surface area (Å²) in [6, 6.07) is 5.57. The number of benzene rings is 1. The molecule has 0 saturated heterocycles. The summed E-state index contributed by atoms with van der Waals surface area (Å²) in [4.78, 5) is 23.3. The van der Waals surface area contributed by atoms with Gasteiger partial charge in [-0.1, -0.05) is 18.6 Å². The Balaban J connectivity index is 2.06. The highest BCUT2D eigenvalue weighted by molar-refractivity contribution is 5.96. The van der Waals surface area contributed by atoms with E-state index in [1.807, 2.05) is 26.0 Å². The number of amides is 1. The minimum Gasteiger partial charge on any atom is -0.481 e. The van der Waals surface area contributed by atoms with Crippen molar-refractivity contribution < 1.29 is 14.7 Å². The first kappa shape index (κ1) is 13.6. The fourth-order valence-corrected chi connectivity index (χ4v) is 2.41. The third kappa shape index (κ3) is 2.48. The van der Waals surface area contributed by atoms with Crippen molar-refractivity contribution in [2.45, 2.75) is 33.1 Å². The monoisotopic (exact) mass is 261 g/mol. The second-order valence-corrected chi connectivity index (χ2v) is 5.37. The normalized spacial score (nSPS) is 16.5. The summed E-state index contributed by atoms with van der Waals surface area (Å²) in [5.41, 5.74) is 1.88. The SMILES string of the molecule is Cc1cccc(C(=O)NCC2(C(=O)O)CCC2)c1C. The van der Waals surface area contributed by atoms with E-state index in [0.29, 0.717) is 18.4 Å². The van der Waals surface area contributed by atoms with Crippen molar-refractivity contribution in [1.29, 1.82) is 0 Å². The van der Waals surface area contributed by atoms with Gasteiger partial charge in [-0.25, -0.2) is 0 Å². The van der Waals surface area contributed by atoms with E-state index in [1.54, 1.807) is 6.07 Å². The lowest BCUT2D eigenvalue weighted by atomic mass is 9.69. The second kappa shape index (κ2) is 5.03. The van der Waals surface area contributed by atoms with E-state index in [0.717, 1.165) is 17.5 Å². The molecule has 4 heteroatoms. The summed E-state index contributed by atoms with van der Waals surface area (Å²) in [5.74, 6) is -0.992. The van der Waals surface area contributed by atoms with Gasteiger partial charge in [0.1, 0.15) is 0 Å². The number of nitrogens with one attached hydrogen (secondary N) is 1. The summed E-state index contributed by atoms with van der Waals surface area (Å²) in [6.45, 7) is 4.08. The molecule has 2 N–H and O–H groups in total. The number of carboxylic acid groups (broad SMARTS) is 1. The lowest BCUT2D eigenvalue weighted by Crippen LogP contribution is -2.47. The van der Waals surface area contributed by atoms with Gasteiger partial charge in [-0.2, -0.15) is 0 Å². The van der Waals surface area contributed by atoms with E-state index in [4.69, 9.17) is 0 Å². The molecule has 0 radical (unpaired) electrons. The lowest BCUT2D eigenvalue weighted by Gasteiger charge is -2.37. The fraction of sp³-hybridized carbons (Fsp3) is 0.467. The molecule has 0 unspecified atom stereocenters. The van der Waals surface area contributed by atoms with Crippen LogP contribution >= 0.6 is 0 Å². The Bertz CT molecular complexity index is 518. The lowest BCUT2D eigenvalue weighted by molar-refractivity contribution is -0.153. The number of aliphatic carboxylic acids is 1. The van der Waals surface area contributed by atoms with Crippen molar-refractivity contribution in [1.82, 2.24) is 5.32 Å². The molecule has 1 fully saturated rings. The molecule has 0 spiro atoms. The molecule has 1 aliphatic rings. The van der Waals surface area contributed by atoms with E-state index in [9.17, 15) is 14.7 Å². The maximum atomic E-state index is 12.1. The van der Waals surface area contributed by atoms with Crippen molar-refractivity contribution in [3.63, 3.8) is 0 Å². The first-order valence-electron chi connectivity index (χ1n) is 6.54. The maximum absolute atomic E-state index is 12.1. The average molecular weight is 261 g/mol. The number of carbonyl (C=O) groups excluding carboxylic acids is 1. The number of aryl methyl sites for hydroxylation is 1. The molecular weight excluding hydrogens is 242 g/mol. The molecule has 1 saturated carbocycles. The highest BCUT2D eigenvalue weighted by Crippen LogP contribution is 2.40. The Hall–Kier alpha value is -1.84. The summed E-state index contributed by atoms with van der Waals surface area (Å²) < 4.78 is 0. The standard InChI is InChI=1S/C15H19NO3/c1-10-5-3-6-12(11(10)2)13(17)16-9-15(14(18)19)7-4-8-15/h3,5-6H,4,7-9H2,1-2H3,(H,16,17)(H,18,19).